The summed E-state index contributed by atoms with van der Waals surface area (Å²) >= 11 is 0. The van der Waals surface area contributed by atoms with Crippen LogP contribution in [0.25, 0.3) is 0 Å². The topological polar surface area (TPSA) is 257 Å². The average molecular weight is 460 g/mol. The maximum atomic E-state index is 12.9. The second kappa shape index (κ2) is 13.9. The van der Waals surface area contributed by atoms with Crippen molar-refractivity contribution in [3.63, 3.8) is 0 Å². The van der Waals surface area contributed by atoms with E-state index in [9.17, 15) is 28.8 Å². The molecule has 0 radical (unpaired) electrons. The Morgan fingerprint density at radius 1 is 0.875 bits per heavy atom. The van der Waals surface area contributed by atoms with Crippen LogP contribution in [0.4, 0.5) is 0 Å². The van der Waals surface area contributed by atoms with Gasteiger partial charge in [-0.15, -0.1) is 0 Å². The fourth-order valence-corrected chi connectivity index (χ4v) is 2.55. The fourth-order valence-electron chi connectivity index (χ4n) is 2.55. The predicted octanol–water partition coefficient (Wildman–Crippen LogP) is -3.97. The van der Waals surface area contributed by atoms with Gasteiger partial charge in [0.25, 0.3) is 0 Å². The Bertz CT molecular complexity index is 716. The fraction of sp³-hybridized carbons (Fsp3) is 0.667. The summed E-state index contributed by atoms with van der Waals surface area (Å²) in [6.07, 6.45) is -0.568. The lowest BCUT2D eigenvalue weighted by atomic mass is 9.97. The van der Waals surface area contributed by atoms with Crippen molar-refractivity contribution >= 4 is 35.5 Å². The van der Waals surface area contributed by atoms with Crippen molar-refractivity contribution in [3.05, 3.63) is 0 Å². The second-order valence-electron chi connectivity index (χ2n) is 7.30. The zero-order valence-corrected chi connectivity index (χ0v) is 18.0. The molecule has 11 N–H and O–H groups in total. The summed E-state index contributed by atoms with van der Waals surface area (Å²) in [5, 5.41) is 24.9. The van der Waals surface area contributed by atoms with Crippen LogP contribution in [0.2, 0.25) is 0 Å². The molecule has 0 aliphatic heterocycles. The smallest absolute Gasteiger partial charge is 0.328 e. The Hall–Kier alpha value is -3.26. The van der Waals surface area contributed by atoms with Crippen molar-refractivity contribution in [2.45, 2.75) is 63.7 Å². The maximum absolute atomic E-state index is 12.9. The van der Waals surface area contributed by atoms with E-state index < -0.39 is 78.6 Å². The van der Waals surface area contributed by atoms with Gasteiger partial charge in [-0.3, -0.25) is 24.0 Å². The van der Waals surface area contributed by atoms with Gasteiger partial charge in [0.05, 0.1) is 19.1 Å². The number of carbonyl (C=O) groups excluding carboxylic acids is 5. The molecule has 182 valence electrons. The van der Waals surface area contributed by atoms with Crippen LogP contribution >= 0.6 is 0 Å². The molecule has 0 saturated carbocycles. The number of hydrogen-bond donors (Lipinski definition) is 8. The molecule has 0 aromatic carbocycles. The number of carboxylic acids is 1. The monoisotopic (exact) mass is 460 g/mol. The predicted molar refractivity (Wildman–Crippen MR) is 110 cm³/mol. The average Bonchev–Trinajstić information content (AvgIpc) is 2.70. The van der Waals surface area contributed by atoms with Crippen molar-refractivity contribution in [1.82, 2.24) is 16.0 Å². The van der Waals surface area contributed by atoms with E-state index in [1.807, 2.05) is 5.32 Å². The molecule has 0 saturated heterocycles. The number of rotatable bonds is 15. The number of hydrogen-bond acceptors (Lipinski definition) is 8. The minimum atomic E-state index is -1.63. The third-order valence-electron chi connectivity index (χ3n) is 4.66. The summed E-state index contributed by atoms with van der Waals surface area (Å²) in [5.74, 6) is -6.10. The van der Waals surface area contributed by atoms with E-state index in [-0.39, 0.29) is 12.8 Å². The highest BCUT2D eigenvalue weighted by atomic mass is 16.4. The Labute approximate surface area is 184 Å². The molecular formula is C18H32N6O8. The van der Waals surface area contributed by atoms with Crippen LogP contribution in [0.5, 0.6) is 0 Å². The van der Waals surface area contributed by atoms with Gasteiger partial charge in [-0.25, -0.2) is 4.79 Å². The van der Waals surface area contributed by atoms with E-state index in [1.165, 1.54) is 0 Å². The Kier molecular flexibility index (Phi) is 12.5. The largest absolute Gasteiger partial charge is 0.480 e. The molecule has 14 nitrogen and oxygen atoms in total. The molecular weight excluding hydrogens is 428 g/mol. The molecule has 0 fully saturated rings. The molecule has 32 heavy (non-hydrogen) atoms. The first kappa shape index (κ1) is 28.7. The standard InChI is InChI=1S/C18H32N6O8/c1-3-8(2)14(24-15(28)9(19)6-13(21)27)17(30)22-10(4-5-12(20)26)16(29)23-11(7-25)18(31)32/h8-11,14,25H,3-7,19H2,1-2H3,(H2,20,26)(H2,21,27)(H,22,30)(H,23,29)(H,24,28)(H,31,32). The van der Waals surface area contributed by atoms with E-state index in [0.29, 0.717) is 6.42 Å². The Morgan fingerprint density at radius 2 is 1.44 bits per heavy atom. The van der Waals surface area contributed by atoms with Crippen molar-refractivity contribution < 1.29 is 39.0 Å². The second-order valence-corrected chi connectivity index (χ2v) is 7.30. The van der Waals surface area contributed by atoms with Crippen LogP contribution in [0, 0.1) is 5.92 Å². The first-order valence-corrected chi connectivity index (χ1v) is 9.90. The molecule has 0 rings (SSSR count). The van der Waals surface area contributed by atoms with Gasteiger partial charge in [-0.2, -0.15) is 0 Å². The third kappa shape index (κ3) is 10.2. The van der Waals surface area contributed by atoms with Crippen molar-refractivity contribution in [2.75, 3.05) is 6.61 Å². The summed E-state index contributed by atoms with van der Waals surface area (Å²) in [7, 11) is 0. The SMILES string of the molecule is CCC(C)C(NC(=O)C(N)CC(N)=O)C(=O)NC(CCC(N)=O)C(=O)NC(CO)C(=O)O. The number of carboxylic acid groups (broad SMARTS) is 1. The summed E-state index contributed by atoms with van der Waals surface area (Å²) in [6.45, 7) is 2.49. The molecule has 5 amide bonds. The van der Waals surface area contributed by atoms with Crippen molar-refractivity contribution in [2.24, 2.45) is 23.1 Å². The third-order valence-corrected chi connectivity index (χ3v) is 4.66. The lowest BCUT2D eigenvalue weighted by Gasteiger charge is -2.27. The zero-order chi connectivity index (χ0) is 25.0. The number of primary amides is 2. The first-order valence-electron chi connectivity index (χ1n) is 9.90. The molecule has 0 spiro atoms. The normalized spacial score (nSPS) is 15.4. The molecule has 0 aromatic rings. The number of aliphatic hydroxyl groups is 1. The highest BCUT2D eigenvalue weighted by Gasteiger charge is 2.32. The quantitative estimate of drug-likeness (QED) is 0.118. The van der Waals surface area contributed by atoms with Crippen LogP contribution in [0.1, 0.15) is 39.5 Å². The molecule has 0 bridgehead atoms. The van der Waals surface area contributed by atoms with E-state index in [1.54, 1.807) is 13.8 Å². The van der Waals surface area contributed by atoms with Crippen molar-refractivity contribution in [1.29, 1.82) is 0 Å². The lowest BCUT2D eigenvalue weighted by Crippen LogP contribution is -2.59. The highest BCUT2D eigenvalue weighted by molar-refractivity contribution is 5.95. The van der Waals surface area contributed by atoms with Gasteiger partial charge in [-0.05, 0) is 12.3 Å². The van der Waals surface area contributed by atoms with Gasteiger partial charge in [-0.1, -0.05) is 20.3 Å². The van der Waals surface area contributed by atoms with Crippen molar-refractivity contribution in [3.8, 4) is 0 Å². The van der Waals surface area contributed by atoms with Gasteiger partial charge in [0.2, 0.25) is 29.5 Å². The number of aliphatic carboxylic acids is 1. The van der Waals surface area contributed by atoms with Crippen LogP contribution in [-0.4, -0.2) is 76.5 Å². The molecule has 0 heterocycles. The highest BCUT2D eigenvalue weighted by Crippen LogP contribution is 2.10. The molecule has 14 heteroatoms. The molecule has 0 aliphatic carbocycles. The number of aliphatic hydroxyl groups excluding tert-OH is 1. The molecule has 0 aromatic heterocycles. The molecule has 5 atom stereocenters. The molecule has 5 unspecified atom stereocenters. The van der Waals surface area contributed by atoms with Crippen LogP contribution < -0.4 is 33.2 Å². The van der Waals surface area contributed by atoms with Gasteiger partial charge in [0.15, 0.2) is 0 Å². The van der Waals surface area contributed by atoms with E-state index in [0.717, 1.165) is 0 Å². The van der Waals surface area contributed by atoms with Crippen LogP contribution in [0.3, 0.4) is 0 Å². The minimum absolute atomic E-state index is 0.257. The van der Waals surface area contributed by atoms with E-state index >= 15 is 0 Å². The maximum Gasteiger partial charge on any atom is 0.328 e. The number of nitrogens with two attached hydrogens (primary N) is 3. The molecule has 0 aliphatic rings. The van der Waals surface area contributed by atoms with E-state index in [4.69, 9.17) is 27.4 Å². The van der Waals surface area contributed by atoms with Gasteiger partial charge in [0, 0.05) is 6.42 Å². The zero-order valence-electron chi connectivity index (χ0n) is 18.0. The number of amides is 5. The van der Waals surface area contributed by atoms with Crippen LogP contribution in [-0.2, 0) is 28.8 Å². The minimum Gasteiger partial charge on any atom is -0.480 e. The Morgan fingerprint density at radius 3 is 1.88 bits per heavy atom. The van der Waals surface area contributed by atoms with Gasteiger partial charge < -0.3 is 43.4 Å². The van der Waals surface area contributed by atoms with E-state index in [2.05, 4.69) is 10.6 Å². The first-order chi connectivity index (χ1) is 14.8. The summed E-state index contributed by atoms with van der Waals surface area (Å²) in [6, 6.07) is -5.47. The summed E-state index contributed by atoms with van der Waals surface area (Å²) < 4.78 is 0. The lowest BCUT2D eigenvalue weighted by molar-refractivity contribution is -0.143. The number of carbonyl (C=O) groups is 6. The van der Waals surface area contributed by atoms with Gasteiger partial charge >= 0.3 is 5.97 Å². The summed E-state index contributed by atoms with van der Waals surface area (Å²) in [4.78, 5) is 70.7. The van der Waals surface area contributed by atoms with Crippen LogP contribution in [0.15, 0.2) is 0 Å². The van der Waals surface area contributed by atoms with Gasteiger partial charge in [0.1, 0.15) is 18.1 Å². The number of nitrogens with one attached hydrogen (secondary N) is 3. The Balaban J connectivity index is 5.54. The summed E-state index contributed by atoms with van der Waals surface area (Å²) in [5.41, 5.74) is 15.7.